The molecule has 0 radical (unpaired) electrons. The smallest absolute Gasteiger partial charge is 0.246 e. The summed E-state index contributed by atoms with van der Waals surface area (Å²) in [7, 11) is 1.43. The Labute approximate surface area is 96.7 Å². The monoisotopic (exact) mass is 239 g/mol. The summed E-state index contributed by atoms with van der Waals surface area (Å²) in [6, 6.07) is 0. The van der Waals surface area contributed by atoms with E-state index in [1.807, 2.05) is 0 Å². The molecule has 1 unspecified atom stereocenters. The minimum absolute atomic E-state index is 0.00448. The minimum atomic E-state index is -1.51. The number of aromatic nitrogens is 4. The predicted octanol–water partition coefficient (Wildman–Crippen LogP) is -0.926. The second kappa shape index (κ2) is 3.82. The summed E-state index contributed by atoms with van der Waals surface area (Å²) in [5.41, 5.74) is 4.68. The molecule has 0 saturated heterocycles. The predicted molar refractivity (Wildman–Crippen MR) is 59.2 cm³/mol. The summed E-state index contributed by atoms with van der Waals surface area (Å²) in [6.45, 7) is 0.948. The van der Waals surface area contributed by atoms with Crippen LogP contribution in [0, 0.1) is 0 Å². The first kappa shape index (κ1) is 11.6. The molecule has 0 aliphatic carbocycles. The highest BCUT2D eigenvalue weighted by molar-refractivity contribution is 5.77. The van der Waals surface area contributed by atoms with Crippen molar-refractivity contribution in [2.24, 2.45) is 0 Å². The Morgan fingerprint density at radius 2 is 2.24 bits per heavy atom. The van der Waals surface area contributed by atoms with Gasteiger partial charge in [-0.25, -0.2) is 4.98 Å². The van der Waals surface area contributed by atoms with Crippen molar-refractivity contribution < 1.29 is 14.9 Å². The normalized spacial score (nSPS) is 14.8. The van der Waals surface area contributed by atoms with Gasteiger partial charge in [-0.1, -0.05) is 0 Å². The number of nitrogens with zero attached hydrogens (tertiary/aromatic N) is 4. The Kier molecular flexibility index (Phi) is 2.60. The Morgan fingerprint density at radius 1 is 1.53 bits per heavy atom. The van der Waals surface area contributed by atoms with E-state index in [1.54, 1.807) is 0 Å². The highest BCUT2D eigenvalue weighted by atomic mass is 16.5. The molecule has 8 nitrogen and oxygen atoms in total. The van der Waals surface area contributed by atoms with Crippen LogP contribution >= 0.6 is 0 Å². The lowest BCUT2D eigenvalue weighted by Gasteiger charge is -2.22. The van der Waals surface area contributed by atoms with Crippen molar-refractivity contribution in [3.05, 3.63) is 6.33 Å². The lowest BCUT2D eigenvalue weighted by molar-refractivity contribution is -0.0623. The molecule has 2 aromatic heterocycles. The van der Waals surface area contributed by atoms with Crippen LogP contribution in [0.1, 0.15) is 6.92 Å². The van der Waals surface area contributed by atoms with E-state index in [0.29, 0.717) is 11.2 Å². The van der Waals surface area contributed by atoms with E-state index in [2.05, 4.69) is 15.0 Å². The summed E-state index contributed by atoms with van der Waals surface area (Å²) in [5.74, 6) is 0.227. The molecule has 0 amide bonds. The molecule has 17 heavy (non-hydrogen) atoms. The van der Waals surface area contributed by atoms with Crippen LogP contribution in [0.5, 0.6) is 5.88 Å². The van der Waals surface area contributed by atoms with Crippen molar-refractivity contribution in [2.75, 3.05) is 19.5 Å². The number of hydrogen-bond acceptors (Lipinski definition) is 7. The van der Waals surface area contributed by atoms with Gasteiger partial charge in [0.05, 0.1) is 20.0 Å². The van der Waals surface area contributed by atoms with Crippen LogP contribution < -0.4 is 10.5 Å². The van der Waals surface area contributed by atoms with E-state index >= 15 is 0 Å². The Balaban J connectivity index is 2.73. The molecule has 1 atom stereocenters. The Bertz CT molecular complexity index is 551. The van der Waals surface area contributed by atoms with Crippen LogP contribution in [0.15, 0.2) is 6.33 Å². The van der Waals surface area contributed by atoms with Crippen molar-refractivity contribution in [2.45, 2.75) is 12.6 Å². The summed E-state index contributed by atoms with van der Waals surface area (Å²) in [4.78, 5) is 11.9. The molecule has 0 saturated carbocycles. The molecule has 4 N–H and O–H groups in total. The van der Waals surface area contributed by atoms with E-state index in [0.717, 1.165) is 0 Å². The molecule has 0 fully saturated rings. The fourth-order valence-electron chi connectivity index (χ4n) is 1.46. The second-order valence-electron chi connectivity index (χ2n) is 3.75. The largest absolute Gasteiger partial charge is 0.479 e. The van der Waals surface area contributed by atoms with E-state index in [9.17, 15) is 5.11 Å². The van der Waals surface area contributed by atoms with Crippen molar-refractivity contribution >= 4 is 17.1 Å². The third-order valence-electron chi connectivity index (χ3n) is 2.39. The maximum absolute atomic E-state index is 9.97. The maximum Gasteiger partial charge on any atom is 0.246 e. The minimum Gasteiger partial charge on any atom is -0.479 e. The van der Waals surface area contributed by atoms with Gasteiger partial charge in [0.15, 0.2) is 16.9 Å². The molecule has 2 aromatic rings. The van der Waals surface area contributed by atoms with Crippen molar-refractivity contribution in [1.29, 1.82) is 0 Å². The Morgan fingerprint density at radius 3 is 2.82 bits per heavy atom. The topological polar surface area (TPSA) is 119 Å². The second-order valence-corrected chi connectivity index (χ2v) is 3.75. The molecule has 0 aliphatic heterocycles. The van der Waals surface area contributed by atoms with Gasteiger partial charge in [0.1, 0.15) is 0 Å². The van der Waals surface area contributed by atoms with Crippen LogP contribution in [0.4, 0.5) is 5.95 Å². The quantitative estimate of drug-likeness (QED) is 0.633. The summed E-state index contributed by atoms with van der Waals surface area (Å²) >= 11 is 0. The fourth-order valence-corrected chi connectivity index (χ4v) is 1.46. The standard InChI is InChI=1S/C9H13N5O3/c1-9(16,3-15)14-4-11-5-6(14)12-8(10)13-7(5)17-2/h4,15-16H,3H2,1-2H3,(H2,10,12,13). The van der Waals surface area contributed by atoms with Crippen LogP contribution in [-0.2, 0) is 5.72 Å². The highest BCUT2D eigenvalue weighted by Gasteiger charge is 2.26. The lowest BCUT2D eigenvalue weighted by Crippen LogP contribution is -2.33. The number of fused-ring (bicyclic) bond motifs is 1. The fraction of sp³-hybridized carbons (Fsp3) is 0.444. The summed E-state index contributed by atoms with van der Waals surface area (Å²) in [5, 5.41) is 19.1. The molecule has 0 aromatic carbocycles. The van der Waals surface area contributed by atoms with Crippen LogP contribution in [0.2, 0.25) is 0 Å². The van der Waals surface area contributed by atoms with Gasteiger partial charge in [-0.2, -0.15) is 9.97 Å². The number of imidazole rings is 1. The van der Waals surface area contributed by atoms with Gasteiger partial charge < -0.3 is 20.7 Å². The molecule has 0 spiro atoms. The van der Waals surface area contributed by atoms with Crippen molar-refractivity contribution in [3.8, 4) is 5.88 Å². The molecule has 8 heteroatoms. The Hall–Kier alpha value is -1.93. The van der Waals surface area contributed by atoms with Crippen LogP contribution in [0.25, 0.3) is 11.2 Å². The van der Waals surface area contributed by atoms with Gasteiger partial charge >= 0.3 is 0 Å². The van der Waals surface area contributed by atoms with E-state index in [4.69, 9.17) is 15.6 Å². The van der Waals surface area contributed by atoms with Gasteiger partial charge in [-0.15, -0.1) is 0 Å². The summed E-state index contributed by atoms with van der Waals surface area (Å²) < 4.78 is 6.33. The number of rotatable bonds is 3. The van der Waals surface area contributed by atoms with Gasteiger partial charge in [0, 0.05) is 0 Å². The zero-order valence-electron chi connectivity index (χ0n) is 9.45. The number of hydrogen-bond donors (Lipinski definition) is 3. The number of aliphatic hydroxyl groups excluding tert-OH is 1. The van der Waals surface area contributed by atoms with E-state index < -0.39 is 12.3 Å². The molecular weight excluding hydrogens is 226 g/mol. The lowest BCUT2D eigenvalue weighted by atomic mass is 10.3. The van der Waals surface area contributed by atoms with Crippen molar-refractivity contribution in [1.82, 2.24) is 19.5 Å². The first-order chi connectivity index (χ1) is 7.99. The van der Waals surface area contributed by atoms with Crippen LogP contribution in [-0.4, -0.2) is 43.4 Å². The van der Waals surface area contributed by atoms with E-state index in [-0.39, 0.29) is 11.8 Å². The number of methoxy groups -OCH3 is 1. The zero-order valence-corrected chi connectivity index (χ0v) is 9.45. The van der Waals surface area contributed by atoms with Gasteiger partial charge in [0.25, 0.3) is 0 Å². The first-order valence-electron chi connectivity index (χ1n) is 4.88. The number of aliphatic hydroxyl groups is 2. The maximum atomic E-state index is 9.97. The SMILES string of the molecule is COc1nc(N)nc2c1ncn2C(C)(O)CO. The van der Waals surface area contributed by atoms with Crippen LogP contribution in [0.3, 0.4) is 0 Å². The molecule has 2 heterocycles. The third-order valence-corrected chi connectivity index (χ3v) is 2.39. The number of ether oxygens (including phenoxy) is 1. The van der Waals surface area contributed by atoms with Gasteiger partial charge in [0.2, 0.25) is 11.8 Å². The molecule has 92 valence electrons. The van der Waals surface area contributed by atoms with Crippen molar-refractivity contribution in [3.63, 3.8) is 0 Å². The average molecular weight is 239 g/mol. The number of anilines is 1. The van der Waals surface area contributed by atoms with Gasteiger partial charge in [-0.05, 0) is 6.92 Å². The molecular formula is C9H13N5O3. The van der Waals surface area contributed by atoms with E-state index in [1.165, 1.54) is 24.9 Å². The van der Waals surface area contributed by atoms with Gasteiger partial charge in [-0.3, -0.25) is 4.57 Å². The average Bonchev–Trinajstić information content (AvgIpc) is 2.72. The summed E-state index contributed by atoms with van der Waals surface area (Å²) in [6.07, 6.45) is 1.34. The first-order valence-corrected chi connectivity index (χ1v) is 4.88. The highest BCUT2D eigenvalue weighted by Crippen LogP contribution is 2.25. The number of nitrogen functional groups attached to an aromatic ring is 1. The molecule has 2 rings (SSSR count). The molecule has 0 bridgehead atoms. The third kappa shape index (κ3) is 1.77. The molecule has 0 aliphatic rings. The number of nitrogens with two attached hydrogens (primary N) is 1. The zero-order chi connectivity index (χ0) is 12.6.